The highest BCUT2D eigenvalue weighted by molar-refractivity contribution is 6.33. The minimum Gasteiger partial charge on any atom is -0.398 e. The molecular weight excluding hydrogens is 288 g/mol. The third kappa shape index (κ3) is 2.60. The lowest BCUT2D eigenvalue weighted by Gasteiger charge is -2.01. The first-order valence-electron chi connectivity index (χ1n) is 6.51. The van der Waals surface area contributed by atoms with Gasteiger partial charge in [0.15, 0.2) is 0 Å². The Labute approximate surface area is 126 Å². The van der Waals surface area contributed by atoms with Gasteiger partial charge in [0.2, 0.25) is 5.82 Å². The Hall–Kier alpha value is -2.40. The first-order valence-corrected chi connectivity index (χ1v) is 6.89. The van der Waals surface area contributed by atoms with E-state index in [1.807, 2.05) is 12.3 Å². The van der Waals surface area contributed by atoms with Gasteiger partial charge in [0.05, 0.1) is 10.7 Å². The Bertz CT molecular complexity index is 785. The van der Waals surface area contributed by atoms with E-state index in [-0.39, 0.29) is 0 Å². The van der Waals surface area contributed by atoms with E-state index in [4.69, 9.17) is 21.9 Å². The van der Waals surface area contributed by atoms with E-state index in [0.717, 1.165) is 23.1 Å². The molecule has 3 aromatic rings. The van der Waals surface area contributed by atoms with E-state index in [0.29, 0.717) is 22.4 Å². The Balaban J connectivity index is 2.01. The topological polar surface area (TPSA) is 77.8 Å². The SMILES string of the molecule is CCc1cnccc1-c1noc(-c2ccc(Cl)c(N)c2)n1. The standard InChI is InChI=1S/C15H13ClN4O/c1-2-9-8-18-6-5-11(9)14-19-15(21-20-14)10-3-4-12(16)13(17)7-10/h3-8H,2,17H2,1H3. The molecule has 0 amide bonds. The smallest absolute Gasteiger partial charge is 0.258 e. The molecule has 5 nitrogen and oxygen atoms in total. The molecule has 1 aromatic carbocycles. The Morgan fingerprint density at radius 3 is 2.90 bits per heavy atom. The lowest BCUT2D eigenvalue weighted by Crippen LogP contribution is -1.91. The van der Waals surface area contributed by atoms with Crippen LogP contribution in [0.25, 0.3) is 22.8 Å². The fraction of sp³-hybridized carbons (Fsp3) is 0.133. The van der Waals surface area contributed by atoms with Gasteiger partial charge >= 0.3 is 0 Å². The van der Waals surface area contributed by atoms with Crippen LogP contribution in [-0.4, -0.2) is 15.1 Å². The van der Waals surface area contributed by atoms with Gasteiger partial charge in [-0.15, -0.1) is 0 Å². The summed E-state index contributed by atoms with van der Waals surface area (Å²) < 4.78 is 5.32. The zero-order valence-corrected chi connectivity index (χ0v) is 12.1. The normalized spacial score (nSPS) is 10.8. The number of aromatic nitrogens is 3. The second-order valence-electron chi connectivity index (χ2n) is 4.55. The molecule has 2 aromatic heterocycles. The second kappa shape index (κ2) is 5.54. The number of pyridine rings is 1. The van der Waals surface area contributed by atoms with Crippen LogP contribution >= 0.6 is 11.6 Å². The van der Waals surface area contributed by atoms with Crippen molar-refractivity contribution in [2.75, 3.05) is 5.73 Å². The van der Waals surface area contributed by atoms with Gasteiger partial charge in [-0.3, -0.25) is 4.98 Å². The maximum Gasteiger partial charge on any atom is 0.258 e. The number of hydrogen-bond acceptors (Lipinski definition) is 5. The van der Waals surface area contributed by atoms with E-state index in [1.165, 1.54) is 0 Å². The summed E-state index contributed by atoms with van der Waals surface area (Å²) in [6.07, 6.45) is 4.37. The molecule has 0 fully saturated rings. The van der Waals surface area contributed by atoms with Crippen molar-refractivity contribution >= 4 is 17.3 Å². The molecule has 0 bridgehead atoms. The van der Waals surface area contributed by atoms with Crippen molar-refractivity contribution in [2.24, 2.45) is 0 Å². The Morgan fingerprint density at radius 1 is 1.29 bits per heavy atom. The predicted octanol–water partition coefficient (Wildman–Crippen LogP) is 3.60. The largest absolute Gasteiger partial charge is 0.398 e. The van der Waals surface area contributed by atoms with Gasteiger partial charge < -0.3 is 10.3 Å². The van der Waals surface area contributed by atoms with Crippen molar-refractivity contribution in [1.29, 1.82) is 0 Å². The van der Waals surface area contributed by atoms with E-state index in [9.17, 15) is 0 Å². The third-order valence-electron chi connectivity index (χ3n) is 3.19. The number of aryl methyl sites for hydroxylation is 1. The van der Waals surface area contributed by atoms with Gasteiger partial charge in [-0.05, 0) is 36.2 Å². The highest BCUT2D eigenvalue weighted by Gasteiger charge is 2.13. The number of halogens is 1. The van der Waals surface area contributed by atoms with Crippen molar-refractivity contribution in [3.8, 4) is 22.8 Å². The highest BCUT2D eigenvalue weighted by atomic mass is 35.5. The van der Waals surface area contributed by atoms with E-state index >= 15 is 0 Å². The van der Waals surface area contributed by atoms with Gasteiger partial charge in [0, 0.05) is 23.5 Å². The third-order valence-corrected chi connectivity index (χ3v) is 3.54. The minimum atomic E-state index is 0.409. The molecule has 0 saturated carbocycles. The summed E-state index contributed by atoms with van der Waals surface area (Å²) in [6.45, 7) is 2.06. The summed E-state index contributed by atoms with van der Waals surface area (Å²) in [4.78, 5) is 8.54. The van der Waals surface area contributed by atoms with Crippen LogP contribution in [0.15, 0.2) is 41.2 Å². The Kier molecular flexibility index (Phi) is 3.58. The van der Waals surface area contributed by atoms with Crippen molar-refractivity contribution in [3.05, 3.63) is 47.2 Å². The van der Waals surface area contributed by atoms with Crippen LogP contribution in [0.1, 0.15) is 12.5 Å². The molecule has 106 valence electrons. The molecule has 0 aliphatic carbocycles. The van der Waals surface area contributed by atoms with Crippen LogP contribution in [0.4, 0.5) is 5.69 Å². The number of anilines is 1. The summed E-state index contributed by atoms with van der Waals surface area (Å²) in [5, 5.41) is 4.54. The molecule has 0 aliphatic heterocycles. The van der Waals surface area contributed by atoms with Crippen molar-refractivity contribution in [2.45, 2.75) is 13.3 Å². The zero-order valence-electron chi connectivity index (χ0n) is 11.4. The van der Waals surface area contributed by atoms with Crippen molar-refractivity contribution < 1.29 is 4.52 Å². The number of nitrogen functional groups attached to an aromatic ring is 1. The molecule has 3 rings (SSSR count). The molecule has 2 N–H and O–H groups in total. The summed E-state index contributed by atoms with van der Waals surface area (Å²) in [5.41, 5.74) is 9.00. The average molecular weight is 301 g/mol. The van der Waals surface area contributed by atoms with Crippen molar-refractivity contribution in [3.63, 3.8) is 0 Å². The fourth-order valence-corrected chi connectivity index (χ4v) is 2.17. The molecule has 0 spiro atoms. The maximum atomic E-state index is 5.91. The van der Waals surface area contributed by atoms with E-state index in [2.05, 4.69) is 22.0 Å². The number of nitrogens with two attached hydrogens (primary N) is 1. The summed E-state index contributed by atoms with van der Waals surface area (Å²) in [7, 11) is 0. The monoisotopic (exact) mass is 300 g/mol. The van der Waals surface area contributed by atoms with E-state index in [1.54, 1.807) is 24.4 Å². The highest BCUT2D eigenvalue weighted by Crippen LogP contribution is 2.28. The summed E-state index contributed by atoms with van der Waals surface area (Å²) in [6, 6.07) is 7.10. The molecule has 0 unspecified atom stereocenters. The van der Waals surface area contributed by atoms with Gasteiger partial charge in [0.25, 0.3) is 5.89 Å². The lowest BCUT2D eigenvalue weighted by atomic mass is 10.1. The number of nitrogens with zero attached hydrogens (tertiary/aromatic N) is 3. The van der Waals surface area contributed by atoms with Gasteiger partial charge in [-0.25, -0.2) is 0 Å². The van der Waals surface area contributed by atoms with Crippen LogP contribution in [0.3, 0.4) is 0 Å². The summed E-state index contributed by atoms with van der Waals surface area (Å²) in [5.74, 6) is 0.949. The second-order valence-corrected chi connectivity index (χ2v) is 4.95. The number of benzene rings is 1. The fourth-order valence-electron chi connectivity index (χ4n) is 2.05. The summed E-state index contributed by atoms with van der Waals surface area (Å²) >= 11 is 5.91. The first kappa shape index (κ1) is 13.6. The number of hydrogen-bond donors (Lipinski definition) is 1. The molecule has 0 saturated heterocycles. The number of rotatable bonds is 3. The lowest BCUT2D eigenvalue weighted by molar-refractivity contribution is 0.432. The van der Waals surface area contributed by atoms with Crippen LogP contribution in [0.2, 0.25) is 5.02 Å². The first-order chi connectivity index (χ1) is 10.2. The molecule has 21 heavy (non-hydrogen) atoms. The van der Waals surface area contributed by atoms with Crippen molar-refractivity contribution in [1.82, 2.24) is 15.1 Å². The minimum absolute atomic E-state index is 0.409. The maximum absolute atomic E-state index is 5.91. The average Bonchev–Trinajstić information content (AvgIpc) is 2.99. The van der Waals surface area contributed by atoms with Gasteiger partial charge in [-0.1, -0.05) is 23.7 Å². The zero-order chi connectivity index (χ0) is 14.8. The molecule has 0 radical (unpaired) electrons. The molecule has 2 heterocycles. The van der Waals surface area contributed by atoms with Crippen LogP contribution in [-0.2, 0) is 6.42 Å². The predicted molar refractivity (Wildman–Crippen MR) is 81.8 cm³/mol. The molecule has 0 aliphatic rings. The molecule has 6 heteroatoms. The Morgan fingerprint density at radius 2 is 2.14 bits per heavy atom. The van der Waals surface area contributed by atoms with Crippen LogP contribution in [0.5, 0.6) is 0 Å². The van der Waals surface area contributed by atoms with Crippen LogP contribution < -0.4 is 5.73 Å². The molecular formula is C15H13ClN4O. The van der Waals surface area contributed by atoms with Crippen LogP contribution in [0, 0.1) is 0 Å². The van der Waals surface area contributed by atoms with Gasteiger partial charge in [0.1, 0.15) is 0 Å². The molecule has 0 atom stereocenters. The quantitative estimate of drug-likeness (QED) is 0.748. The van der Waals surface area contributed by atoms with E-state index < -0.39 is 0 Å². The van der Waals surface area contributed by atoms with Gasteiger partial charge in [-0.2, -0.15) is 4.98 Å².